The average molecular weight is 361 g/mol. The van der Waals surface area contributed by atoms with Crippen LogP contribution in [-0.4, -0.2) is 36.1 Å². The summed E-state index contributed by atoms with van der Waals surface area (Å²) in [6.45, 7) is 9.43. The van der Waals surface area contributed by atoms with Crippen molar-refractivity contribution in [2.24, 2.45) is 0 Å². The van der Waals surface area contributed by atoms with Gasteiger partial charge in [-0.25, -0.2) is 4.68 Å². The zero-order valence-electron chi connectivity index (χ0n) is 15.4. The molecule has 5 heteroatoms. The number of aryl methyl sites for hydroxylation is 1. The van der Waals surface area contributed by atoms with E-state index in [0.29, 0.717) is 10.6 Å². The largest absolute Gasteiger partial charge is 0.378 e. The Morgan fingerprint density at radius 3 is 2.52 bits per heavy atom. The van der Waals surface area contributed by atoms with Crippen molar-refractivity contribution in [1.82, 2.24) is 9.78 Å². The van der Waals surface area contributed by atoms with Gasteiger partial charge in [0.2, 0.25) is 0 Å². The number of hydrogen-bond donors (Lipinski definition) is 1. The van der Waals surface area contributed by atoms with Crippen LogP contribution in [0.4, 0.5) is 5.69 Å². The number of nitrogens with one attached hydrogen (secondary N) is 1. The molecule has 0 bridgehead atoms. The number of benzene rings is 2. The Labute approximate surface area is 157 Å². The van der Waals surface area contributed by atoms with Crippen molar-refractivity contribution in [2.75, 3.05) is 31.2 Å². The molecule has 138 valence electrons. The number of hydrogen-bond acceptors (Lipinski definition) is 3. The summed E-state index contributed by atoms with van der Waals surface area (Å²) in [5.74, 6) is 0. The Kier molecular flexibility index (Phi) is 4.69. The van der Waals surface area contributed by atoms with Gasteiger partial charge in [0.25, 0.3) is 5.56 Å². The summed E-state index contributed by atoms with van der Waals surface area (Å²) in [4.78, 5) is 15.2. The third-order valence-corrected chi connectivity index (χ3v) is 4.95. The SMILES string of the molecule is C=c1[nH]n(-c2ccccc2)c(=O)/c1=C\c1ccc(N2CCOCC2)cc1C. The van der Waals surface area contributed by atoms with Gasteiger partial charge in [0.05, 0.1) is 29.5 Å². The molecule has 2 aromatic carbocycles. The quantitative estimate of drug-likeness (QED) is 0.770. The van der Waals surface area contributed by atoms with Gasteiger partial charge < -0.3 is 9.64 Å². The summed E-state index contributed by atoms with van der Waals surface area (Å²) in [7, 11) is 0. The molecule has 1 aliphatic rings. The van der Waals surface area contributed by atoms with Crippen LogP contribution in [0.25, 0.3) is 18.3 Å². The first-order chi connectivity index (χ1) is 13.1. The van der Waals surface area contributed by atoms with Crippen LogP contribution in [0, 0.1) is 6.92 Å². The fraction of sp³-hybridized carbons (Fsp3) is 0.227. The van der Waals surface area contributed by atoms with Crippen molar-refractivity contribution in [1.29, 1.82) is 0 Å². The molecule has 1 aliphatic heterocycles. The maximum absolute atomic E-state index is 12.9. The van der Waals surface area contributed by atoms with Gasteiger partial charge in [-0.1, -0.05) is 30.8 Å². The normalized spacial score (nSPS) is 15.3. The van der Waals surface area contributed by atoms with Crippen LogP contribution in [0.2, 0.25) is 0 Å². The molecule has 1 fully saturated rings. The minimum Gasteiger partial charge on any atom is -0.378 e. The third-order valence-electron chi connectivity index (χ3n) is 4.95. The molecule has 5 nitrogen and oxygen atoms in total. The molecule has 2 heterocycles. The van der Waals surface area contributed by atoms with Gasteiger partial charge in [0, 0.05) is 18.8 Å². The number of H-pyrrole nitrogens is 1. The van der Waals surface area contributed by atoms with Crippen LogP contribution in [0.3, 0.4) is 0 Å². The van der Waals surface area contributed by atoms with E-state index in [0.717, 1.165) is 43.1 Å². The zero-order valence-corrected chi connectivity index (χ0v) is 15.4. The zero-order chi connectivity index (χ0) is 18.8. The second-order valence-corrected chi connectivity index (χ2v) is 6.76. The monoisotopic (exact) mass is 361 g/mol. The Hall–Kier alpha value is -3.05. The molecule has 1 saturated heterocycles. The van der Waals surface area contributed by atoms with E-state index in [-0.39, 0.29) is 5.56 Å². The summed E-state index contributed by atoms with van der Waals surface area (Å²) in [5.41, 5.74) is 4.05. The van der Waals surface area contributed by atoms with Gasteiger partial charge in [-0.15, -0.1) is 0 Å². The number of nitrogens with zero attached hydrogens (tertiary/aromatic N) is 2. The van der Waals surface area contributed by atoms with Crippen LogP contribution in [0.1, 0.15) is 11.1 Å². The summed E-state index contributed by atoms with van der Waals surface area (Å²) < 4.78 is 6.96. The maximum atomic E-state index is 12.9. The molecule has 1 aromatic heterocycles. The van der Waals surface area contributed by atoms with E-state index < -0.39 is 0 Å². The Balaban J connectivity index is 1.73. The lowest BCUT2D eigenvalue weighted by Gasteiger charge is -2.29. The molecule has 0 radical (unpaired) electrons. The van der Waals surface area contributed by atoms with Crippen molar-refractivity contribution < 1.29 is 4.74 Å². The molecule has 0 saturated carbocycles. The van der Waals surface area contributed by atoms with Crippen molar-refractivity contribution in [3.8, 4) is 5.69 Å². The lowest BCUT2D eigenvalue weighted by atomic mass is 10.1. The smallest absolute Gasteiger partial charge is 0.279 e. The molecular formula is C22H23N3O2. The van der Waals surface area contributed by atoms with Crippen LogP contribution in [0.5, 0.6) is 0 Å². The number of anilines is 1. The minimum atomic E-state index is -0.0946. The van der Waals surface area contributed by atoms with Crippen molar-refractivity contribution in [3.05, 3.63) is 80.6 Å². The van der Waals surface area contributed by atoms with Crippen LogP contribution in [-0.2, 0) is 4.74 Å². The molecule has 1 N–H and O–H groups in total. The molecule has 0 atom stereocenters. The molecule has 3 aromatic rings. The highest BCUT2D eigenvalue weighted by molar-refractivity contribution is 5.60. The Morgan fingerprint density at radius 2 is 1.81 bits per heavy atom. The standard InChI is InChI=1S/C22H23N3O2/c1-16-14-20(24-10-12-27-13-11-24)9-8-18(16)15-21-17(2)23-25(22(21)26)19-6-4-3-5-7-19/h3-9,14-15,23H,2,10-13H2,1H3/b21-15-. The van der Waals surface area contributed by atoms with Gasteiger partial charge in [-0.3, -0.25) is 9.89 Å². The topological polar surface area (TPSA) is 50.3 Å². The highest BCUT2D eigenvalue weighted by Crippen LogP contribution is 2.20. The predicted octanol–water partition coefficient (Wildman–Crippen LogP) is 1.55. The van der Waals surface area contributed by atoms with Gasteiger partial charge in [0.15, 0.2) is 0 Å². The number of para-hydroxylation sites is 1. The number of rotatable bonds is 3. The van der Waals surface area contributed by atoms with E-state index in [1.54, 1.807) is 0 Å². The highest BCUT2D eigenvalue weighted by Gasteiger charge is 2.12. The first-order valence-corrected chi connectivity index (χ1v) is 9.14. The Morgan fingerprint density at radius 1 is 1.07 bits per heavy atom. The van der Waals surface area contributed by atoms with E-state index in [9.17, 15) is 4.79 Å². The molecule has 0 spiro atoms. The van der Waals surface area contributed by atoms with Crippen molar-refractivity contribution in [3.63, 3.8) is 0 Å². The predicted molar refractivity (Wildman–Crippen MR) is 109 cm³/mol. The molecule has 4 rings (SSSR count). The summed E-state index contributed by atoms with van der Waals surface area (Å²) in [6.07, 6.45) is 1.92. The molecular weight excluding hydrogens is 338 g/mol. The Bertz CT molecular complexity index is 1110. The van der Waals surface area contributed by atoms with E-state index in [4.69, 9.17) is 4.74 Å². The van der Waals surface area contributed by atoms with Crippen molar-refractivity contribution >= 4 is 18.3 Å². The van der Waals surface area contributed by atoms with Crippen molar-refractivity contribution in [2.45, 2.75) is 6.92 Å². The summed E-state index contributed by atoms with van der Waals surface area (Å²) >= 11 is 0. The fourth-order valence-electron chi connectivity index (χ4n) is 3.40. The highest BCUT2D eigenvalue weighted by atomic mass is 16.5. The minimum absolute atomic E-state index is 0.0946. The van der Waals surface area contributed by atoms with Crippen LogP contribution < -0.4 is 21.0 Å². The van der Waals surface area contributed by atoms with Gasteiger partial charge in [0.1, 0.15) is 0 Å². The lowest BCUT2D eigenvalue weighted by Crippen LogP contribution is -2.36. The number of ether oxygens (including phenoxy) is 1. The van der Waals surface area contributed by atoms with E-state index in [2.05, 4.69) is 41.7 Å². The number of aromatic nitrogens is 2. The number of aromatic amines is 1. The second-order valence-electron chi connectivity index (χ2n) is 6.76. The molecule has 0 aliphatic carbocycles. The van der Waals surface area contributed by atoms with E-state index in [1.807, 2.05) is 36.4 Å². The van der Waals surface area contributed by atoms with Gasteiger partial charge in [-0.2, -0.15) is 0 Å². The number of morpholine rings is 1. The second kappa shape index (κ2) is 7.29. The molecule has 27 heavy (non-hydrogen) atoms. The fourth-order valence-corrected chi connectivity index (χ4v) is 3.40. The van der Waals surface area contributed by atoms with E-state index >= 15 is 0 Å². The van der Waals surface area contributed by atoms with Crippen LogP contribution >= 0.6 is 0 Å². The van der Waals surface area contributed by atoms with Crippen LogP contribution in [0.15, 0.2) is 53.3 Å². The molecule has 0 amide bonds. The molecule has 0 unspecified atom stereocenters. The van der Waals surface area contributed by atoms with E-state index in [1.165, 1.54) is 10.4 Å². The lowest BCUT2D eigenvalue weighted by molar-refractivity contribution is 0.122. The first-order valence-electron chi connectivity index (χ1n) is 9.14. The third kappa shape index (κ3) is 3.46. The first kappa shape index (κ1) is 17.4. The summed E-state index contributed by atoms with van der Waals surface area (Å²) in [6, 6.07) is 15.9. The average Bonchev–Trinajstić information content (AvgIpc) is 2.99. The van der Waals surface area contributed by atoms with Gasteiger partial charge in [-0.05, 0) is 48.4 Å². The summed E-state index contributed by atoms with van der Waals surface area (Å²) in [5, 5.41) is 4.27. The maximum Gasteiger partial charge on any atom is 0.279 e. The van der Waals surface area contributed by atoms with Gasteiger partial charge >= 0.3 is 0 Å².